The molecule has 0 fully saturated rings. The number of rotatable bonds is 7. The number of aliphatic carboxylic acids is 1. The van der Waals surface area contributed by atoms with Crippen LogP contribution in [0.3, 0.4) is 0 Å². The van der Waals surface area contributed by atoms with Crippen molar-refractivity contribution in [1.29, 1.82) is 0 Å². The average Bonchev–Trinajstić information content (AvgIpc) is 2.36. The Morgan fingerprint density at radius 3 is 2.44 bits per heavy atom. The average molecular weight is 251 g/mol. The number of carbonyl (C=O) groups excluding carboxylic acids is 1. The van der Waals surface area contributed by atoms with Crippen LogP contribution in [0.2, 0.25) is 0 Å². The number of carboxylic acid groups (broad SMARTS) is 1. The molecule has 0 aliphatic heterocycles. The van der Waals surface area contributed by atoms with Crippen LogP contribution in [0.25, 0.3) is 0 Å². The first-order chi connectivity index (χ1) is 8.54. The second-order valence-electron chi connectivity index (χ2n) is 3.86. The van der Waals surface area contributed by atoms with Crippen LogP contribution in [0.1, 0.15) is 30.1 Å². The third-order valence-corrected chi connectivity index (χ3v) is 2.46. The molecule has 0 radical (unpaired) electrons. The number of ketones is 1. The number of ether oxygens (including phenoxy) is 1. The Labute approximate surface area is 106 Å². The molecule has 98 valence electrons. The number of carboxylic acids is 1. The fraction of sp³-hybridized carbons (Fsp3) is 0.385. The van der Waals surface area contributed by atoms with E-state index in [2.05, 4.69) is 0 Å². The smallest absolute Gasteiger partial charge is 0.303 e. The van der Waals surface area contributed by atoms with Crippen LogP contribution in [-0.2, 0) is 4.79 Å². The van der Waals surface area contributed by atoms with Crippen LogP contribution >= 0.6 is 0 Å². The van der Waals surface area contributed by atoms with Gasteiger partial charge < -0.3 is 15.6 Å². The van der Waals surface area contributed by atoms with Crippen molar-refractivity contribution in [2.24, 2.45) is 5.73 Å². The third kappa shape index (κ3) is 4.18. The van der Waals surface area contributed by atoms with Crippen molar-refractivity contribution in [2.75, 3.05) is 6.61 Å². The molecule has 1 aromatic rings. The molecule has 18 heavy (non-hydrogen) atoms. The quantitative estimate of drug-likeness (QED) is 0.716. The van der Waals surface area contributed by atoms with Gasteiger partial charge in [-0.05, 0) is 37.6 Å². The Balaban J connectivity index is 2.62. The van der Waals surface area contributed by atoms with Gasteiger partial charge in [0, 0.05) is 12.0 Å². The van der Waals surface area contributed by atoms with E-state index in [1.54, 1.807) is 24.3 Å². The molecule has 0 saturated heterocycles. The van der Waals surface area contributed by atoms with E-state index >= 15 is 0 Å². The van der Waals surface area contributed by atoms with Crippen molar-refractivity contribution in [3.63, 3.8) is 0 Å². The van der Waals surface area contributed by atoms with E-state index in [-0.39, 0.29) is 18.6 Å². The predicted octanol–water partition coefficient (Wildman–Crippen LogP) is 1.46. The van der Waals surface area contributed by atoms with Crippen LogP contribution in [0.5, 0.6) is 5.75 Å². The second kappa shape index (κ2) is 6.76. The van der Waals surface area contributed by atoms with Gasteiger partial charge in [0.2, 0.25) is 0 Å². The first-order valence-electron chi connectivity index (χ1n) is 5.79. The monoisotopic (exact) mass is 251 g/mol. The molecule has 0 saturated carbocycles. The van der Waals surface area contributed by atoms with Crippen molar-refractivity contribution in [3.05, 3.63) is 29.8 Å². The summed E-state index contributed by atoms with van der Waals surface area (Å²) in [7, 11) is 0. The summed E-state index contributed by atoms with van der Waals surface area (Å²) in [6.45, 7) is 2.44. The molecular weight excluding hydrogens is 234 g/mol. The van der Waals surface area contributed by atoms with E-state index in [9.17, 15) is 9.59 Å². The van der Waals surface area contributed by atoms with Gasteiger partial charge in [-0.25, -0.2) is 0 Å². The minimum Gasteiger partial charge on any atom is -0.494 e. The van der Waals surface area contributed by atoms with Crippen molar-refractivity contribution < 1.29 is 19.4 Å². The zero-order chi connectivity index (χ0) is 13.5. The van der Waals surface area contributed by atoms with E-state index in [0.29, 0.717) is 17.9 Å². The first kappa shape index (κ1) is 14.2. The summed E-state index contributed by atoms with van der Waals surface area (Å²) in [5.41, 5.74) is 6.12. The summed E-state index contributed by atoms with van der Waals surface area (Å²) in [5.74, 6) is -0.516. The fourth-order valence-electron chi connectivity index (χ4n) is 1.51. The molecular formula is C13H17NO4. The molecule has 0 heterocycles. The number of Topliss-reactive ketones (excluding diaryl/α,β-unsaturated/α-hetero) is 1. The highest BCUT2D eigenvalue weighted by atomic mass is 16.5. The molecule has 0 aliphatic carbocycles. The molecule has 1 rings (SSSR count). The van der Waals surface area contributed by atoms with Gasteiger partial charge in [0.1, 0.15) is 5.75 Å². The SMILES string of the molecule is CCOc1ccc(C(=O)C(N)CCC(=O)O)cc1. The number of benzene rings is 1. The second-order valence-corrected chi connectivity index (χ2v) is 3.86. The summed E-state index contributed by atoms with van der Waals surface area (Å²) in [6.07, 6.45) is 0.0330. The van der Waals surface area contributed by atoms with Gasteiger partial charge in [0.05, 0.1) is 12.6 Å². The molecule has 1 aromatic carbocycles. The Bertz CT molecular complexity index is 414. The van der Waals surface area contributed by atoms with E-state index in [1.807, 2.05) is 6.92 Å². The minimum absolute atomic E-state index is 0.107. The lowest BCUT2D eigenvalue weighted by Gasteiger charge is -2.10. The highest BCUT2D eigenvalue weighted by molar-refractivity contribution is 6.00. The van der Waals surface area contributed by atoms with Gasteiger partial charge in [0.15, 0.2) is 5.78 Å². The van der Waals surface area contributed by atoms with Gasteiger partial charge >= 0.3 is 5.97 Å². The maximum atomic E-state index is 11.9. The van der Waals surface area contributed by atoms with E-state index in [1.165, 1.54) is 0 Å². The minimum atomic E-state index is -0.954. The number of carbonyl (C=O) groups is 2. The molecule has 0 spiro atoms. The van der Waals surface area contributed by atoms with Crippen LogP contribution in [0, 0.1) is 0 Å². The summed E-state index contributed by atoms with van der Waals surface area (Å²) >= 11 is 0. The molecule has 5 nitrogen and oxygen atoms in total. The number of hydrogen-bond acceptors (Lipinski definition) is 4. The highest BCUT2D eigenvalue weighted by Gasteiger charge is 2.16. The Kier molecular flexibility index (Phi) is 5.32. The molecule has 0 bridgehead atoms. The molecule has 5 heteroatoms. The van der Waals surface area contributed by atoms with Crippen LogP contribution < -0.4 is 10.5 Å². The first-order valence-corrected chi connectivity index (χ1v) is 5.79. The van der Waals surface area contributed by atoms with Crippen LogP contribution in [0.15, 0.2) is 24.3 Å². The number of hydrogen-bond donors (Lipinski definition) is 2. The largest absolute Gasteiger partial charge is 0.494 e. The van der Waals surface area contributed by atoms with Crippen LogP contribution in [0.4, 0.5) is 0 Å². The standard InChI is InChI=1S/C13H17NO4/c1-2-18-10-5-3-9(4-6-10)13(17)11(14)7-8-12(15)16/h3-6,11H,2,7-8,14H2,1H3,(H,15,16). The lowest BCUT2D eigenvalue weighted by molar-refractivity contribution is -0.137. The zero-order valence-corrected chi connectivity index (χ0v) is 10.3. The van der Waals surface area contributed by atoms with Gasteiger partial charge in [0.25, 0.3) is 0 Å². The number of nitrogens with two attached hydrogens (primary N) is 1. The Morgan fingerprint density at radius 1 is 1.33 bits per heavy atom. The van der Waals surface area contributed by atoms with Crippen molar-refractivity contribution in [1.82, 2.24) is 0 Å². The predicted molar refractivity (Wildman–Crippen MR) is 66.8 cm³/mol. The van der Waals surface area contributed by atoms with Crippen molar-refractivity contribution >= 4 is 11.8 Å². The third-order valence-electron chi connectivity index (χ3n) is 2.46. The van der Waals surface area contributed by atoms with Gasteiger partial charge in [-0.2, -0.15) is 0 Å². The maximum absolute atomic E-state index is 11.9. The van der Waals surface area contributed by atoms with Crippen LogP contribution in [-0.4, -0.2) is 29.5 Å². The summed E-state index contributed by atoms with van der Waals surface area (Å²) in [4.78, 5) is 22.3. The van der Waals surface area contributed by atoms with Gasteiger partial charge in [-0.15, -0.1) is 0 Å². The normalized spacial score (nSPS) is 11.9. The van der Waals surface area contributed by atoms with Gasteiger partial charge in [-0.1, -0.05) is 0 Å². The molecule has 0 aromatic heterocycles. The topological polar surface area (TPSA) is 89.6 Å². The van der Waals surface area contributed by atoms with E-state index in [4.69, 9.17) is 15.6 Å². The molecule has 1 unspecified atom stereocenters. The Hall–Kier alpha value is -1.88. The maximum Gasteiger partial charge on any atom is 0.303 e. The summed E-state index contributed by atoms with van der Waals surface area (Å²) in [6, 6.07) is 5.88. The molecule has 1 atom stereocenters. The molecule has 0 aliphatic rings. The van der Waals surface area contributed by atoms with Crippen molar-refractivity contribution in [2.45, 2.75) is 25.8 Å². The lowest BCUT2D eigenvalue weighted by Crippen LogP contribution is -2.31. The van der Waals surface area contributed by atoms with Gasteiger partial charge in [-0.3, -0.25) is 9.59 Å². The lowest BCUT2D eigenvalue weighted by atomic mass is 10.0. The van der Waals surface area contributed by atoms with Crippen molar-refractivity contribution in [3.8, 4) is 5.75 Å². The van der Waals surface area contributed by atoms with E-state index in [0.717, 1.165) is 0 Å². The summed E-state index contributed by atoms with van der Waals surface area (Å²) in [5, 5.41) is 8.53. The zero-order valence-electron chi connectivity index (χ0n) is 10.3. The molecule has 0 amide bonds. The van der Waals surface area contributed by atoms with E-state index < -0.39 is 12.0 Å². The summed E-state index contributed by atoms with van der Waals surface area (Å²) < 4.78 is 5.26. The highest BCUT2D eigenvalue weighted by Crippen LogP contribution is 2.14. The fourth-order valence-corrected chi connectivity index (χ4v) is 1.51. The Morgan fingerprint density at radius 2 is 1.94 bits per heavy atom. The molecule has 3 N–H and O–H groups in total.